The molecule has 0 saturated heterocycles. The molecule has 2 aromatic carbocycles. The minimum atomic E-state index is -3.83. The molecule has 8 nitrogen and oxygen atoms in total. The fraction of sp³-hybridized carbons (Fsp3) is 0.150. The van der Waals surface area contributed by atoms with Crippen LogP contribution >= 0.6 is 23.2 Å². The number of aromatic nitrogens is 2. The summed E-state index contributed by atoms with van der Waals surface area (Å²) in [4.78, 5) is 19.8. The summed E-state index contributed by atoms with van der Waals surface area (Å²) in [6.07, 6.45) is 3.55. The number of rotatable bonds is 9. The third-order valence-electron chi connectivity index (χ3n) is 3.94. The number of hydrogen-bond acceptors (Lipinski definition) is 6. The molecule has 31 heavy (non-hydrogen) atoms. The summed E-state index contributed by atoms with van der Waals surface area (Å²) in [6.45, 7) is 0.305. The molecule has 1 amide bonds. The molecule has 0 saturated carbocycles. The van der Waals surface area contributed by atoms with Crippen molar-refractivity contribution in [2.45, 2.75) is 17.7 Å². The molecule has 0 aliphatic carbocycles. The minimum Gasteiger partial charge on any atom is -0.492 e. The SMILES string of the molecule is O=C(CCCOc1ccc(Cl)cc1Cl)Nc1ccc(S(=O)(=O)Nc2ncccn2)cc1. The maximum absolute atomic E-state index is 12.4. The number of halogens is 2. The van der Waals surface area contributed by atoms with Gasteiger partial charge in [0.05, 0.1) is 16.5 Å². The van der Waals surface area contributed by atoms with Gasteiger partial charge in [-0.1, -0.05) is 23.2 Å². The Morgan fingerprint density at radius 3 is 2.42 bits per heavy atom. The second-order valence-corrected chi connectivity index (χ2v) is 8.80. The number of carbonyl (C=O) groups excluding carboxylic acids is 1. The molecule has 1 aromatic heterocycles. The van der Waals surface area contributed by atoms with Crippen molar-refractivity contribution in [3.8, 4) is 5.75 Å². The second kappa shape index (κ2) is 10.4. The van der Waals surface area contributed by atoms with E-state index in [1.165, 1.54) is 36.7 Å². The van der Waals surface area contributed by atoms with Crippen LogP contribution in [0.15, 0.2) is 65.8 Å². The number of carbonyl (C=O) groups is 1. The Hall–Kier alpha value is -2.88. The number of ether oxygens (including phenoxy) is 1. The van der Waals surface area contributed by atoms with Gasteiger partial charge in [-0.2, -0.15) is 0 Å². The van der Waals surface area contributed by atoms with Crippen LogP contribution in [-0.2, 0) is 14.8 Å². The van der Waals surface area contributed by atoms with Gasteiger partial charge in [0, 0.05) is 29.5 Å². The van der Waals surface area contributed by atoms with Crippen molar-refractivity contribution < 1.29 is 17.9 Å². The van der Waals surface area contributed by atoms with Gasteiger partial charge < -0.3 is 10.1 Å². The predicted molar refractivity (Wildman–Crippen MR) is 119 cm³/mol. The molecule has 0 aliphatic heterocycles. The molecule has 0 spiro atoms. The van der Waals surface area contributed by atoms with Crippen LogP contribution in [0.25, 0.3) is 0 Å². The molecule has 162 valence electrons. The maximum atomic E-state index is 12.4. The number of nitrogens with one attached hydrogen (secondary N) is 2. The highest BCUT2D eigenvalue weighted by molar-refractivity contribution is 7.92. The molecule has 0 bridgehead atoms. The lowest BCUT2D eigenvalue weighted by molar-refractivity contribution is -0.116. The maximum Gasteiger partial charge on any atom is 0.264 e. The quantitative estimate of drug-likeness (QED) is 0.439. The van der Waals surface area contributed by atoms with E-state index in [0.29, 0.717) is 34.5 Å². The van der Waals surface area contributed by atoms with Crippen LogP contribution in [0.5, 0.6) is 5.75 Å². The molecule has 0 atom stereocenters. The van der Waals surface area contributed by atoms with Crippen molar-refractivity contribution in [1.29, 1.82) is 0 Å². The first kappa shape index (κ1) is 22.8. The van der Waals surface area contributed by atoms with Crippen molar-refractivity contribution in [3.05, 3.63) is 71.0 Å². The van der Waals surface area contributed by atoms with Gasteiger partial charge in [-0.25, -0.2) is 23.1 Å². The first-order valence-electron chi connectivity index (χ1n) is 9.11. The van der Waals surface area contributed by atoms with Crippen LogP contribution in [0.2, 0.25) is 10.0 Å². The van der Waals surface area contributed by atoms with Gasteiger partial charge >= 0.3 is 0 Å². The Labute approximate surface area is 189 Å². The molecule has 1 heterocycles. The highest BCUT2D eigenvalue weighted by atomic mass is 35.5. The molecule has 3 rings (SSSR count). The number of amides is 1. The lowest BCUT2D eigenvalue weighted by Gasteiger charge is -2.09. The van der Waals surface area contributed by atoms with E-state index in [9.17, 15) is 13.2 Å². The van der Waals surface area contributed by atoms with Crippen molar-refractivity contribution in [3.63, 3.8) is 0 Å². The Morgan fingerprint density at radius 1 is 1.03 bits per heavy atom. The Kier molecular flexibility index (Phi) is 7.67. The van der Waals surface area contributed by atoms with Crippen LogP contribution in [0.4, 0.5) is 11.6 Å². The summed E-state index contributed by atoms with van der Waals surface area (Å²) < 4.78 is 32.5. The summed E-state index contributed by atoms with van der Waals surface area (Å²) in [5.41, 5.74) is 0.474. The zero-order chi connectivity index (χ0) is 22.3. The largest absolute Gasteiger partial charge is 0.492 e. The first-order valence-corrected chi connectivity index (χ1v) is 11.3. The number of hydrogen-bond donors (Lipinski definition) is 2. The molecule has 0 unspecified atom stereocenters. The molecule has 11 heteroatoms. The van der Waals surface area contributed by atoms with Gasteiger partial charge in [-0.3, -0.25) is 4.79 Å². The second-order valence-electron chi connectivity index (χ2n) is 6.28. The molecule has 0 aliphatic rings. The van der Waals surface area contributed by atoms with Gasteiger partial charge in [0.15, 0.2) is 0 Å². The van der Waals surface area contributed by atoms with E-state index in [-0.39, 0.29) is 23.2 Å². The van der Waals surface area contributed by atoms with E-state index in [0.717, 1.165) is 0 Å². The lowest BCUT2D eigenvalue weighted by Crippen LogP contribution is -2.15. The minimum absolute atomic E-state index is 0.0196. The molecule has 0 fully saturated rings. The molecule has 2 N–H and O–H groups in total. The number of benzene rings is 2. The summed E-state index contributed by atoms with van der Waals surface area (Å²) in [5, 5.41) is 3.63. The van der Waals surface area contributed by atoms with Crippen LogP contribution in [-0.4, -0.2) is 30.9 Å². The van der Waals surface area contributed by atoms with E-state index in [4.69, 9.17) is 27.9 Å². The van der Waals surface area contributed by atoms with E-state index < -0.39 is 10.0 Å². The molecular formula is C20H18Cl2N4O4S. The van der Waals surface area contributed by atoms with Crippen molar-refractivity contribution in [1.82, 2.24) is 9.97 Å². The van der Waals surface area contributed by atoms with Gasteiger partial charge in [-0.15, -0.1) is 0 Å². The monoisotopic (exact) mass is 480 g/mol. The standard InChI is InChI=1S/C20H18Cl2N4O4S/c21-14-4-9-18(17(22)13-14)30-12-1-3-19(27)25-15-5-7-16(8-6-15)31(28,29)26-20-23-10-2-11-24-20/h2,4-11,13H,1,3,12H2,(H,25,27)(H,23,24,26). The zero-order valence-electron chi connectivity index (χ0n) is 16.1. The lowest BCUT2D eigenvalue weighted by atomic mass is 10.2. The smallest absolute Gasteiger partial charge is 0.264 e. The van der Waals surface area contributed by atoms with E-state index in [2.05, 4.69) is 20.0 Å². The van der Waals surface area contributed by atoms with Crippen LogP contribution in [0.1, 0.15) is 12.8 Å². The summed E-state index contributed by atoms with van der Waals surface area (Å²) in [5.74, 6) is 0.247. The first-order chi connectivity index (χ1) is 14.8. The molecule has 3 aromatic rings. The van der Waals surface area contributed by atoms with Gasteiger partial charge in [0.2, 0.25) is 11.9 Å². The van der Waals surface area contributed by atoms with Crippen molar-refractivity contribution in [2.75, 3.05) is 16.6 Å². The van der Waals surface area contributed by atoms with E-state index in [1.54, 1.807) is 24.3 Å². The third-order valence-corrected chi connectivity index (χ3v) is 5.81. The van der Waals surface area contributed by atoms with Crippen LogP contribution in [0.3, 0.4) is 0 Å². The highest BCUT2D eigenvalue weighted by Crippen LogP contribution is 2.27. The van der Waals surface area contributed by atoms with Crippen molar-refractivity contribution >= 4 is 50.8 Å². The van der Waals surface area contributed by atoms with E-state index in [1.807, 2.05) is 0 Å². The average molecular weight is 481 g/mol. The molecular weight excluding hydrogens is 463 g/mol. The average Bonchev–Trinajstić information content (AvgIpc) is 2.73. The van der Waals surface area contributed by atoms with Gasteiger partial charge in [0.25, 0.3) is 10.0 Å². The number of nitrogens with zero attached hydrogens (tertiary/aromatic N) is 2. The number of sulfonamides is 1. The number of anilines is 2. The normalized spacial score (nSPS) is 11.0. The highest BCUT2D eigenvalue weighted by Gasteiger charge is 2.15. The topological polar surface area (TPSA) is 110 Å². The van der Waals surface area contributed by atoms with Crippen LogP contribution < -0.4 is 14.8 Å². The fourth-order valence-electron chi connectivity index (χ4n) is 2.48. The summed E-state index contributed by atoms with van der Waals surface area (Å²) >= 11 is 11.9. The van der Waals surface area contributed by atoms with E-state index >= 15 is 0 Å². The van der Waals surface area contributed by atoms with Crippen molar-refractivity contribution in [2.24, 2.45) is 0 Å². The Bertz CT molecular complexity index is 1140. The Morgan fingerprint density at radius 2 is 1.74 bits per heavy atom. The zero-order valence-corrected chi connectivity index (χ0v) is 18.4. The predicted octanol–water partition coefficient (Wildman–Crippen LogP) is 4.38. The Balaban J connectivity index is 1.47. The molecule has 0 radical (unpaired) electrons. The fourth-order valence-corrected chi connectivity index (χ4v) is 3.90. The van der Waals surface area contributed by atoms with Crippen LogP contribution in [0, 0.1) is 0 Å². The third kappa shape index (κ3) is 6.81. The van der Waals surface area contributed by atoms with Gasteiger partial charge in [-0.05, 0) is 55.0 Å². The summed E-state index contributed by atoms with van der Waals surface area (Å²) in [6, 6.07) is 12.3. The summed E-state index contributed by atoms with van der Waals surface area (Å²) in [7, 11) is -3.83. The van der Waals surface area contributed by atoms with Gasteiger partial charge in [0.1, 0.15) is 5.75 Å².